The summed E-state index contributed by atoms with van der Waals surface area (Å²) in [5, 5.41) is 9.43. The summed E-state index contributed by atoms with van der Waals surface area (Å²) in [5.74, 6) is 0.274. The minimum Gasteiger partial charge on any atom is -0.304 e. The summed E-state index contributed by atoms with van der Waals surface area (Å²) in [6.45, 7) is 2.04. The molecule has 0 spiro atoms. The second-order valence-electron chi connectivity index (χ2n) is 4.73. The van der Waals surface area contributed by atoms with E-state index < -0.39 is 0 Å². The van der Waals surface area contributed by atoms with Gasteiger partial charge in [-0.1, -0.05) is 29.8 Å². The van der Waals surface area contributed by atoms with Crippen molar-refractivity contribution in [2.75, 3.05) is 5.32 Å². The zero-order valence-corrected chi connectivity index (χ0v) is 12.5. The number of hydrogen-bond acceptors (Lipinski definition) is 4. The van der Waals surface area contributed by atoms with E-state index in [1.165, 1.54) is 16.9 Å². The molecule has 2 heterocycles. The smallest absolute Gasteiger partial charge is 0.276 e. The Balaban J connectivity index is 1.78. The highest BCUT2D eigenvalue weighted by Gasteiger charge is 2.13. The van der Waals surface area contributed by atoms with Gasteiger partial charge < -0.3 is 5.32 Å². The number of hydrogen-bond donors (Lipinski definition) is 1. The van der Waals surface area contributed by atoms with Crippen LogP contribution in [-0.2, 0) is 7.05 Å². The van der Waals surface area contributed by atoms with Gasteiger partial charge in [0.15, 0.2) is 5.82 Å². The maximum atomic E-state index is 12.1. The third-order valence-electron chi connectivity index (χ3n) is 2.99. The summed E-state index contributed by atoms with van der Waals surface area (Å²) in [6.07, 6.45) is 1.77. The van der Waals surface area contributed by atoms with Gasteiger partial charge in [-0.2, -0.15) is 5.10 Å². The first kappa shape index (κ1) is 13.5. The molecule has 1 amide bonds. The minimum absolute atomic E-state index is 0.247. The lowest BCUT2D eigenvalue weighted by molar-refractivity contribution is 0.102. The lowest BCUT2D eigenvalue weighted by Crippen LogP contribution is -2.12. The zero-order chi connectivity index (χ0) is 14.8. The number of carbonyl (C=O) groups excluding carboxylic acids is 1. The number of anilines is 1. The number of rotatable bonds is 3. The van der Waals surface area contributed by atoms with E-state index in [4.69, 9.17) is 0 Å². The van der Waals surface area contributed by atoms with Crippen LogP contribution in [0.3, 0.4) is 0 Å². The average molecular weight is 298 g/mol. The van der Waals surface area contributed by atoms with Gasteiger partial charge in [0, 0.05) is 30.3 Å². The van der Waals surface area contributed by atoms with Gasteiger partial charge in [0.1, 0.15) is 10.7 Å². The van der Waals surface area contributed by atoms with E-state index in [9.17, 15) is 4.79 Å². The van der Waals surface area contributed by atoms with Gasteiger partial charge in [-0.25, -0.2) is 4.98 Å². The molecule has 0 atom stereocenters. The van der Waals surface area contributed by atoms with Gasteiger partial charge in [-0.15, -0.1) is 11.3 Å². The molecule has 0 fully saturated rings. The molecule has 0 bridgehead atoms. The van der Waals surface area contributed by atoms with E-state index in [1.807, 2.05) is 31.2 Å². The Labute approximate surface area is 126 Å². The van der Waals surface area contributed by atoms with Gasteiger partial charge in [0.25, 0.3) is 5.91 Å². The average Bonchev–Trinajstić information content (AvgIpc) is 3.09. The molecule has 0 aliphatic heterocycles. The first-order valence-corrected chi connectivity index (χ1v) is 7.33. The fourth-order valence-electron chi connectivity index (χ4n) is 1.87. The summed E-state index contributed by atoms with van der Waals surface area (Å²) in [6, 6.07) is 9.82. The highest BCUT2D eigenvalue weighted by atomic mass is 32.1. The monoisotopic (exact) mass is 298 g/mol. The molecular weight excluding hydrogens is 284 g/mol. The van der Waals surface area contributed by atoms with E-state index in [1.54, 1.807) is 29.4 Å². The fraction of sp³-hybridized carbons (Fsp3) is 0.133. The van der Waals surface area contributed by atoms with Crippen LogP contribution in [0.4, 0.5) is 5.82 Å². The van der Waals surface area contributed by atoms with Crippen LogP contribution in [-0.4, -0.2) is 20.7 Å². The van der Waals surface area contributed by atoms with Crippen molar-refractivity contribution in [1.29, 1.82) is 0 Å². The number of aryl methyl sites for hydroxylation is 2. The lowest BCUT2D eigenvalue weighted by Gasteiger charge is -1.98. The summed E-state index contributed by atoms with van der Waals surface area (Å²) < 4.78 is 1.63. The molecule has 0 saturated carbocycles. The number of nitrogens with zero attached hydrogens (tertiary/aromatic N) is 3. The van der Waals surface area contributed by atoms with Crippen molar-refractivity contribution < 1.29 is 4.79 Å². The number of thiazole rings is 1. The molecule has 5 nitrogen and oxygen atoms in total. The Kier molecular flexibility index (Phi) is 3.53. The molecule has 6 heteroatoms. The Hall–Kier alpha value is -2.47. The highest BCUT2D eigenvalue weighted by molar-refractivity contribution is 7.13. The normalized spacial score (nSPS) is 10.6. The molecule has 1 aromatic carbocycles. The number of amides is 1. The molecule has 0 aliphatic rings. The van der Waals surface area contributed by atoms with Crippen LogP contribution >= 0.6 is 11.3 Å². The van der Waals surface area contributed by atoms with Crippen molar-refractivity contribution in [1.82, 2.24) is 14.8 Å². The number of aromatic nitrogens is 3. The predicted octanol–water partition coefficient (Wildman–Crippen LogP) is 3.10. The van der Waals surface area contributed by atoms with E-state index in [-0.39, 0.29) is 5.91 Å². The Bertz CT molecular complexity index is 773. The molecule has 0 saturated heterocycles. The topological polar surface area (TPSA) is 59.8 Å². The van der Waals surface area contributed by atoms with Gasteiger partial charge in [-0.3, -0.25) is 9.48 Å². The first-order chi connectivity index (χ1) is 10.1. The predicted molar refractivity (Wildman–Crippen MR) is 83.4 cm³/mol. The Morgan fingerprint density at radius 2 is 2.00 bits per heavy atom. The van der Waals surface area contributed by atoms with Crippen molar-refractivity contribution >= 4 is 23.1 Å². The molecule has 0 unspecified atom stereocenters. The second kappa shape index (κ2) is 5.49. The maximum Gasteiger partial charge on any atom is 0.276 e. The SMILES string of the molecule is Cc1ccc(-c2nc(C(=O)Nc3ccn(C)n3)cs2)cc1. The number of nitrogens with one attached hydrogen (secondary N) is 1. The number of benzene rings is 1. The van der Waals surface area contributed by atoms with Crippen LogP contribution in [0, 0.1) is 6.92 Å². The van der Waals surface area contributed by atoms with Crippen molar-refractivity contribution in [3.05, 3.63) is 53.2 Å². The van der Waals surface area contributed by atoms with Gasteiger partial charge in [-0.05, 0) is 6.92 Å². The van der Waals surface area contributed by atoms with Crippen LogP contribution in [0.25, 0.3) is 10.6 Å². The molecule has 106 valence electrons. The third kappa shape index (κ3) is 3.00. The fourth-order valence-corrected chi connectivity index (χ4v) is 2.68. The van der Waals surface area contributed by atoms with Crippen LogP contribution in [0.2, 0.25) is 0 Å². The van der Waals surface area contributed by atoms with Gasteiger partial charge in [0.05, 0.1) is 0 Å². The van der Waals surface area contributed by atoms with E-state index in [0.717, 1.165) is 10.6 Å². The second-order valence-corrected chi connectivity index (χ2v) is 5.59. The molecule has 0 radical (unpaired) electrons. The molecule has 3 rings (SSSR count). The zero-order valence-electron chi connectivity index (χ0n) is 11.7. The molecule has 0 aliphatic carbocycles. The molecule has 1 N–H and O–H groups in total. The van der Waals surface area contributed by atoms with E-state index in [2.05, 4.69) is 15.4 Å². The van der Waals surface area contributed by atoms with Gasteiger partial charge >= 0.3 is 0 Å². The first-order valence-electron chi connectivity index (χ1n) is 6.45. The van der Waals surface area contributed by atoms with E-state index in [0.29, 0.717) is 11.5 Å². The lowest BCUT2D eigenvalue weighted by atomic mass is 10.2. The van der Waals surface area contributed by atoms with Crippen LogP contribution in [0.1, 0.15) is 16.1 Å². The van der Waals surface area contributed by atoms with Crippen LogP contribution in [0.5, 0.6) is 0 Å². The molecule has 2 aromatic heterocycles. The Morgan fingerprint density at radius 3 is 2.67 bits per heavy atom. The summed E-state index contributed by atoms with van der Waals surface area (Å²) in [7, 11) is 1.80. The summed E-state index contributed by atoms with van der Waals surface area (Å²) >= 11 is 1.46. The van der Waals surface area contributed by atoms with Crippen LogP contribution in [0.15, 0.2) is 41.9 Å². The van der Waals surface area contributed by atoms with E-state index >= 15 is 0 Å². The maximum absolute atomic E-state index is 12.1. The molecule has 21 heavy (non-hydrogen) atoms. The third-order valence-corrected chi connectivity index (χ3v) is 3.88. The Morgan fingerprint density at radius 1 is 1.24 bits per heavy atom. The molecule has 3 aromatic rings. The largest absolute Gasteiger partial charge is 0.304 e. The standard InChI is InChI=1S/C15H14N4OS/c1-10-3-5-11(6-4-10)15-16-12(9-21-15)14(20)17-13-7-8-19(2)18-13/h3-9H,1-2H3,(H,17,18,20). The molecular formula is C15H14N4OS. The van der Waals surface area contributed by atoms with Crippen molar-refractivity contribution in [2.45, 2.75) is 6.92 Å². The number of carbonyl (C=O) groups is 1. The quantitative estimate of drug-likeness (QED) is 0.808. The highest BCUT2D eigenvalue weighted by Crippen LogP contribution is 2.24. The summed E-state index contributed by atoms with van der Waals surface area (Å²) in [5.41, 5.74) is 2.62. The summed E-state index contributed by atoms with van der Waals surface area (Å²) in [4.78, 5) is 16.5. The van der Waals surface area contributed by atoms with Crippen molar-refractivity contribution in [3.63, 3.8) is 0 Å². The van der Waals surface area contributed by atoms with Gasteiger partial charge in [0.2, 0.25) is 0 Å². The minimum atomic E-state index is -0.247. The van der Waals surface area contributed by atoms with Crippen molar-refractivity contribution in [3.8, 4) is 10.6 Å². The van der Waals surface area contributed by atoms with Crippen molar-refractivity contribution in [2.24, 2.45) is 7.05 Å². The van der Waals surface area contributed by atoms with Crippen LogP contribution < -0.4 is 5.32 Å².